The zero-order valence-corrected chi connectivity index (χ0v) is 17.8. The largest absolute Gasteiger partial charge is 0.481 e. The summed E-state index contributed by atoms with van der Waals surface area (Å²) in [6.45, 7) is 8.05. The zero-order chi connectivity index (χ0) is 22.0. The molecule has 0 aromatic rings. The summed E-state index contributed by atoms with van der Waals surface area (Å²) in [5.74, 6) is -2.78. The Bertz CT molecular complexity index is 511. The molecule has 0 atom stereocenters. The number of carbonyl (C=O) groups excluding carboxylic acids is 3. The van der Waals surface area contributed by atoms with Gasteiger partial charge in [0.05, 0.1) is 10.8 Å². The smallest absolute Gasteiger partial charge is 0.412 e. The molecule has 0 fully saturated rings. The molecule has 0 amide bonds. The number of hydrogen-bond acceptors (Lipinski definition) is 7. The topological polar surface area (TPSA) is 116 Å². The highest BCUT2D eigenvalue weighted by atomic mass is 16.9. The number of carbonyl (C=O) groups is 4. The van der Waals surface area contributed by atoms with E-state index in [0.29, 0.717) is 12.8 Å². The Morgan fingerprint density at radius 2 is 1.07 bits per heavy atom. The summed E-state index contributed by atoms with van der Waals surface area (Å²) in [5.41, 5.74) is -1.70. The molecule has 28 heavy (non-hydrogen) atoms. The van der Waals surface area contributed by atoms with Gasteiger partial charge < -0.3 is 19.3 Å². The number of esters is 3. The molecule has 0 aliphatic rings. The predicted octanol–water partition coefficient (Wildman–Crippen LogP) is 3.81. The van der Waals surface area contributed by atoms with Gasteiger partial charge in [-0.25, -0.2) is 0 Å². The number of aliphatic carboxylic acids is 1. The maximum absolute atomic E-state index is 12.0. The van der Waals surface area contributed by atoms with Crippen molar-refractivity contribution >= 4 is 23.9 Å². The van der Waals surface area contributed by atoms with Gasteiger partial charge in [-0.05, 0) is 54.4 Å². The molecule has 0 aromatic heterocycles. The van der Waals surface area contributed by atoms with Crippen LogP contribution in [-0.4, -0.2) is 35.5 Å². The van der Waals surface area contributed by atoms with Crippen LogP contribution in [0.3, 0.4) is 0 Å². The van der Waals surface area contributed by atoms with Gasteiger partial charge in [0.25, 0.3) is 0 Å². The molecule has 0 heterocycles. The molecular weight excluding hydrogens is 368 g/mol. The maximum Gasteiger partial charge on any atom is 0.412 e. The number of carboxylic acids is 1. The van der Waals surface area contributed by atoms with Crippen LogP contribution in [0.2, 0.25) is 0 Å². The highest BCUT2D eigenvalue weighted by molar-refractivity contribution is 5.77. The standard InChI is InChI=1S/C20H34O8/c1-19(2,3)16(24)27-18(28-17(25)20(4,5)6)26-15(23)13-11-9-7-8-10-12-14(21)22/h18H,7-13H2,1-6H3,(H,21,22). The summed E-state index contributed by atoms with van der Waals surface area (Å²) >= 11 is 0. The van der Waals surface area contributed by atoms with Crippen molar-refractivity contribution in [2.45, 2.75) is 93.0 Å². The van der Waals surface area contributed by atoms with Crippen molar-refractivity contribution in [2.75, 3.05) is 0 Å². The fraction of sp³-hybridized carbons (Fsp3) is 0.800. The first-order chi connectivity index (χ1) is 12.7. The highest BCUT2D eigenvalue weighted by Crippen LogP contribution is 2.21. The average Bonchev–Trinajstić information content (AvgIpc) is 2.51. The van der Waals surface area contributed by atoms with Gasteiger partial charge >= 0.3 is 30.4 Å². The first kappa shape index (κ1) is 25.9. The van der Waals surface area contributed by atoms with E-state index in [1.807, 2.05) is 0 Å². The summed E-state index contributed by atoms with van der Waals surface area (Å²) < 4.78 is 15.1. The van der Waals surface area contributed by atoms with E-state index in [2.05, 4.69) is 0 Å². The van der Waals surface area contributed by atoms with E-state index in [4.69, 9.17) is 19.3 Å². The number of ether oxygens (including phenoxy) is 3. The molecule has 0 rings (SSSR count). The van der Waals surface area contributed by atoms with Gasteiger partial charge in [0, 0.05) is 12.8 Å². The Morgan fingerprint density at radius 3 is 1.46 bits per heavy atom. The van der Waals surface area contributed by atoms with Crippen molar-refractivity contribution in [3.05, 3.63) is 0 Å². The van der Waals surface area contributed by atoms with Crippen molar-refractivity contribution in [2.24, 2.45) is 10.8 Å². The summed E-state index contributed by atoms with van der Waals surface area (Å²) in [7, 11) is 0. The highest BCUT2D eigenvalue weighted by Gasteiger charge is 2.33. The minimum atomic E-state index is -1.72. The van der Waals surface area contributed by atoms with Crippen molar-refractivity contribution in [1.82, 2.24) is 0 Å². The third-order valence-corrected chi connectivity index (χ3v) is 3.63. The Labute approximate surface area is 166 Å². The summed E-state index contributed by atoms with van der Waals surface area (Å²) in [4.78, 5) is 46.5. The van der Waals surface area contributed by atoms with E-state index in [1.54, 1.807) is 41.5 Å². The monoisotopic (exact) mass is 402 g/mol. The lowest BCUT2D eigenvalue weighted by molar-refractivity contribution is -0.265. The summed E-state index contributed by atoms with van der Waals surface area (Å²) in [5, 5.41) is 8.57. The fourth-order valence-electron chi connectivity index (χ4n) is 1.84. The van der Waals surface area contributed by atoms with Gasteiger partial charge in [-0.1, -0.05) is 19.3 Å². The lowest BCUT2D eigenvalue weighted by Gasteiger charge is -2.25. The molecule has 8 heteroatoms. The third kappa shape index (κ3) is 12.3. The molecule has 0 radical (unpaired) electrons. The van der Waals surface area contributed by atoms with E-state index >= 15 is 0 Å². The van der Waals surface area contributed by atoms with Gasteiger partial charge in [-0.15, -0.1) is 0 Å². The van der Waals surface area contributed by atoms with Crippen LogP contribution in [0.5, 0.6) is 0 Å². The molecule has 0 aliphatic carbocycles. The minimum absolute atomic E-state index is 0.0789. The van der Waals surface area contributed by atoms with Gasteiger partial charge in [-0.2, -0.15) is 0 Å². The number of unbranched alkanes of at least 4 members (excludes halogenated alkanes) is 4. The lowest BCUT2D eigenvalue weighted by Crippen LogP contribution is -2.37. The van der Waals surface area contributed by atoms with Crippen molar-refractivity contribution in [1.29, 1.82) is 0 Å². The van der Waals surface area contributed by atoms with Gasteiger partial charge in [-0.3, -0.25) is 19.2 Å². The number of hydrogen-bond donors (Lipinski definition) is 1. The Hall–Kier alpha value is -2.12. The van der Waals surface area contributed by atoms with E-state index in [1.165, 1.54) is 0 Å². The van der Waals surface area contributed by atoms with Crippen molar-refractivity contribution in [3.8, 4) is 0 Å². The maximum atomic E-state index is 12.0. The van der Waals surface area contributed by atoms with Crippen molar-refractivity contribution < 1.29 is 38.5 Å². The normalized spacial score (nSPS) is 11.8. The van der Waals surface area contributed by atoms with Crippen LogP contribution in [0.1, 0.15) is 86.5 Å². The first-order valence-electron chi connectivity index (χ1n) is 9.57. The van der Waals surface area contributed by atoms with Crippen LogP contribution in [0, 0.1) is 10.8 Å². The Morgan fingerprint density at radius 1 is 0.679 bits per heavy atom. The Kier molecular flexibility index (Phi) is 10.8. The quantitative estimate of drug-likeness (QED) is 0.315. The van der Waals surface area contributed by atoms with Gasteiger partial charge in [0.1, 0.15) is 0 Å². The molecule has 1 N–H and O–H groups in total. The molecular formula is C20H34O8. The molecule has 162 valence electrons. The first-order valence-corrected chi connectivity index (χ1v) is 9.57. The van der Waals surface area contributed by atoms with Crippen LogP contribution in [0.15, 0.2) is 0 Å². The van der Waals surface area contributed by atoms with E-state index in [9.17, 15) is 19.2 Å². The zero-order valence-electron chi connectivity index (χ0n) is 17.8. The van der Waals surface area contributed by atoms with E-state index < -0.39 is 41.2 Å². The average molecular weight is 402 g/mol. The molecule has 0 saturated heterocycles. The second-order valence-corrected chi connectivity index (χ2v) is 8.75. The van der Waals surface area contributed by atoms with E-state index in [0.717, 1.165) is 19.3 Å². The molecule has 0 unspecified atom stereocenters. The van der Waals surface area contributed by atoms with Crippen LogP contribution in [0.4, 0.5) is 0 Å². The molecule has 0 aliphatic heterocycles. The predicted molar refractivity (Wildman–Crippen MR) is 101 cm³/mol. The minimum Gasteiger partial charge on any atom is -0.481 e. The molecule has 0 bridgehead atoms. The lowest BCUT2D eigenvalue weighted by atomic mass is 9.97. The van der Waals surface area contributed by atoms with Gasteiger partial charge in [0.2, 0.25) is 0 Å². The second-order valence-electron chi connectivity index (χ2n) is 8.75. The Balaban J connectivity index is 4.51. The third-order valence-electron chi connectivity index (χ3n) is 3.63. The van der Waals surface area contributed by atoms with Crippen LogP contribution in [0.25, 0.3) is 0 Å². The van der Waals surface area contributed by atoms with Crippen LogP contribution < -0.4 is 0 Å². The molecule has 0 spiro atoms. The van der Waals surface area contributed by atoms with Crippen LogP contribution >= 0.6 is 0 Å². The summed E-state index contributed by atoms with van der Waals surface area (Å²) in [6, 6.07) is 0. The molecule has 0 aromatic carbocycles. The summed E-state index contributed by atoms with van der Waals surface area (Å²) in [6.07, 6.45) is 3.69. The van der Waals surface area contributed by atoms with Crippen molar-refractivity contribution in [3.63, 3.8) is 0 Å². The van der Waals surface area contributed by atoms with Gasteiger partial charge in [0.15, 0.2) is 0 Å². The second kappa shape index (κ2) is 11.7. The van der Waals surface area contributed by atoms with E-state index in [-0.39, 0.29) is 12.8 Å². The van der Waals surface area contributed by atoms with Crippen LogP contribution in [-0.2, 0) is 33.4 Å². The number of carboxylic acid groups (broad SMARTS) is 1. The molecule has 8 nitrogen and oxygen atoms in total. The number of rotatable bonds is 11. The molecule has 0 saturated carbocycles. The SMILES string of the molecule is CC(C)(C)C(=O)OC(OC(=O)CCCCCCCC(=O)O)OC(=O)C(C)(C)C. The fourth-order valence-corrected chi connectivity index (χ4v) is 1.84.